The van der Waals surface area contributed by atoms with Crippen molar-refractivity contribution in [2.75, 3.05) is 0 Å². The van der Waals surface area contributed by atoms with E-state index < -0.39 is 0 Å². The lowest BCUT2D eigenvalue weighted by atomic mass is 9.80. The molecule has 0 bridgehead atoms. The van der Waals surface area contributed by atoms with Crippen LogP contribution in [0, 0.1) is 0 Å². The number of ketones is 1. The SMILES string of the molecule is CCC(C)(C)c1ccc2c(c1)C(=O)CC(C)(C)O2. The van der Waals surface area contributed by atoms with Crippen molar-refractivity contribution in [3.8, 4) is 5.75 Å². The number of hydrogen-bond donors (Lipinski definition) is 0. The van der Waals surface area contributed by atoms with E-state index >= 15 is 0 Å². The van der Waals surface area contributed by atoms with E-state index in [2.05, 4.69) is 26.8 Å². The van der Waals surface area contributed by atoms with E-state index in [1.165, 1.54) is 5.56 Å². The summed E-state index contributed by atoms with van der Waals surface area (Å²) >= 11 is 0. The summed E-state index contributed by atoms with van der Waals surface area (Å²) in [6, 6.07) is 6.04. The first-order valence-electron chi connectivity index (χ1n) is 6.62. The van der Waals surface area contributed by atoms with Crippen LogP contribution in [-0.2, 0) is 5.41 Å². The molecular weight excluding hydrogens is 224 g/mol. The monoisotopic (exact) mass is 246 g/mol. The summed E-state index contributed by atoms with van der Waals surface area (Å²) in [7, 11) is 0. The van der Waals surface area contributed by atoms with Gasteiger partial charge in [0, 0.05) is 0 Å². The van der Waals surface area contributed by atoms with Gasteiger partial charge in [0.2, 0.25) is 0 Å². The second kappa shape index (κ2) is 4.11. The van der Waals surface area contributed by atoms with E-state index in [1.807, 2.05) is 26.0 Å². The molecule has 1 aliphatic heterocycles. The van der Waals surface area contributed by atoms with Crippen LogP contribution in [-0.4, -0.2) is 11.4 Å². The second-order valence-electron chi connectivity index (χ2n) is 6.41. The Labute approximate surface area is 109 Å². The largest absolute Gasteiger partial charge is 0.487 e. The quantitative estimate of drug-likeness (QED) is 0.784. The highest BCUT2D eigenvalue weighted by atomic mass is 16.5. The Hall–Kier alpha value is -1.31. The van der Waals surface area contributed by atoms with Crippen molar-refractivity contribution in [1.29, 1.82) is 0 Å². The zero-order valence-electron chi connectivity index (χ0n) is 12.0. The lowest BCUT2D eigenvalue weighted by Crippen LogP contribution is -2.36. The van der Waals surface area contributed by atoms with Gasteiger partial charge in [0.05, 0.1) is 12.0 Å². The third-order valence-corrected chi connectivity index (χ3v) is 3.92. The van der Waals surface area contributed by atoms with Crippen molar-refractivity contribution in [1.82, 2.24) is 0 Å². The first-order valence-corrected chi connectivity index (χ1v) is 6.62. The molecule has 1 heterocycles. The van der Waals surface area contributed by atoms with Crippen LogP contribution in [0.2, 0.25) is 0 Å². The maximum absolute atomic E-state index is 12.2. The Morgan fingerprint density at radius 2 is 2.00 bits per heavy atom. The first-order chi connectivity index (χ1) is 8.25. The van der Waals surface area contributed by atoms with Gasteiger partial charge in [0.1, 0.15) is 11.4 Å². The minimum atomic E-state index is -0.383. The second-order valence-corrected chi connectivity index (χ2v) is 6.41. The molecule has 0 N–H and O–H groups in total. The van der Waals surface area contributed by atoms with Crippen molar-refractivity contribution >= 4 is 5.78 Å². The average molecular weight is 246 g/mol. The van der Waals surface area contributed by atoms with Crippen LogP contribution in [0.1, 0.15) is 63.4 Å². The van der Waals surface area contributed by atoms with Crippen LogP contribution in [0.5, 0.6) is 5.75 Å². The fourth-order valence-electron chi connectivity index (χ4n) is 2.28. The topological polar surface area (TPSA) is 26.3 Å². The molecule has 0 radical (unpaired) electrons. The molecule has 0 amide bonds. The molecule has 0 aromatic heterocycles. The number of hydrogen-bond acceptors (Lipinski definition) is 2. The lowest BCUT2D eigenvalue weighted by Gasteiger charge is -2.33. The Balaban J connectivity index is 2.46. The normalized spacial score (nSPS) is 18.2. The maximum atomic E-state index is 12.2. The molecule has 2 nitrogen and oxygen atoms in total. The summed E-state index contributed by atoms with van der Waals surface area (Å²) < 4.78 is 5.87. The van der Waals surface area contributed by atoms with Crippen LogP contribution in [0.3, 0.4) is 0 Å². The van der Waals surface area contributed by atoms with Gasteiger partial charge in [-0.2, -0.15) is 0 Å². The molecule has 0 unspecified atom stereocenters. The molecule has 0 atom stereocenters. The first kappa shape index (κ1) is 13.1. The zero-order valence-corrected chi connectivity index (χ0v) is 12.0. The number of Topliss-reactive ketones (excluding diaryl/α,β-unsaturated/α-hetero) is 1. The van der Waals surface area contributed by atoms with Crippen LogP contribution < -0.4 is 4.74 Å². The summed E-state index contributed by atoms with van der Waals surface area (Å²) in [5, 5.41) is 0. The van der Waals surface area contributed by atoms with Crippen molar-refractivity contribution < 1.29 is 9.53 Å². The van der Waals surface area contributed by atoms with Gasteiger partial charge < -0.3 is 4.74 Å². The van der Waals surface area contributed by atoms with Crippen LogP contribution in [0.15, 0.2) is 18.2 Å². The molecule has 98 valence electrons. The number of carbonyl (C=O) groups is 1. The standard InChI is InChI=1S/C16H22O2/c1-6-15(2,3)11-7-8-14-12(9-11)13(17)10-16(4,5)18-14/h7-9H,6,10H2,1-5H3. The van der Waals surface area contributed by atoms with Crippen LogP contribution in [0.4, 0.5) is 0 Å². The van der Waals surface area contributed by atoms with Crippen molar-refractivity contribution in [3.63, 3.8) is 0 Å². The predicted molar refractivity (Wildman–Crippen MR) is 73.4 cm³/mol. The third-order valence-electron chi connectivity index (χ3n) is 3.92. The van der Waals surface area contributed by atoms with Gasteiger partial charge in [-0.1, -0.05) is 26.8 Å². The van der Waals surface area contributed by atoms with Crippen LogP contribution >= 0.6 is 0 Å². The average Bonchev–Trinajstić information content (AvgIpc) is 2.27. The molecular formula is C16H22O2. The molecule has 0 saturated carbocycles. The van der Waals surface area contributed by atoms with E-state index in [0.29, 0.717) is 6.42 Å². The number of fused-ring (bicyclic) bond motifs is 1. The highest BCUT2D eigenvalue weighted by molar-refractivity contribution is 6.00. The lowest BCUT2D eigenvalue weighted by molar-refractivity contribution is 0.0619. The van der Waals surface area contributed by atoms with Crippen molar-refractivity contribution in [2.24, 2.45) is 0 Å². The molecule has 0 spiro atoms. The smallest absolute Gasteiger partial charge is 0.170 e. The molecule has 0 aliphatic carbocycles. The Morgan fingerprint density at radius 1 is 1.33 bits per heavy atom. The van der Waals surface area contributed by atoms with Gasteiger partial charge >= 0.3 is 0 Å². The zero-order chi connectivity index (χ0) is 13.6. The molecule has 1 aliphatic rings. The molecule has 0 saturated heterocycles. The number of carbonyl (C=O) groups excluding carboxylic acids is 1. The highest BCUT2D eigenvalue weighted by Gasteiger charge is 2.33. The Kier molecular flexibility index (Phi) is 3.00. The third kappa shape index (κ3) is 2.29. The summed E-state index contributed by atoms with van der Waals surface area (Å²) in [5.74, 6) is 0.918. The summed E-state index contributed by atoms with van der Waals surface area (Å²) in [4.78, 5) is 12.2. The minimum Gasteiger partial charge on any atom is -0.487 e. The molecule has 2 rings (SSSR count). The Morgan fingerprint density at radius 3 is 2.61 bits per heavy atom. The van der Waals surface area contributed by atoms with E-state index in [1.54, 1.807) is 0 Å². The molecule has 1 aromatic carbocycles. The van der Waals surface area contributed by atoms with Gasteiger partial charge in [-0.05, 0) is 43.4 Å². The van der Waals surface area contributed by atoms with Crippen LogP contribution in [0.25, 0.3) is 0 Å². The number of ether oxygens (including phenoxy) is 1. The van der Waals surface area contributed by atoms with Gasteiger partial charge in [-0.15, -0.1) is 0 Å². The fraction of sp³-hybridized carbons (Fsp3) is 0.562. The maximum Gasteiger partial charge on any atom is 0.170 e. The summed E-state index contributed by atoms with van der Waals surface area (Å²) in [6.45, 7) is 10.5. The van der Waals surface area contributed by atoms with Crippen molar-refractivity contribution in [2.45, 2.75) is 58.5 Å². The van der Waals surface area contributed by atoms with Gasteiger partial charge in [-0.3, -0.25) is 4.79 Å². The number of rotatable bonds is 2. The minimum absolute atomic E-state index is 0.0995. The van der Waals surface area contributed by atoms with Gasteiger partial charge in [-0.25, -0.2) is 0 Å². The van der Waals surface area contributed by atoms with Crippen molar-refractivity contribution in [3.05, 3.63) is 29.3 Å². The molecule has 0 fully saturated rings. The fourth-order valence-corrected chi connectivity index (χ4v) is 2.28. The highest BCUT2D eigenvalue weighted by Crippen LogP contribution is 2.36. The molecule has 18 heavy (non-hydrogen) atoms. The number of benzene rings is 1. The van der Waals surface area contributed by atoms with E-state index in [9.17, 15) is 4.79 Å². The molecule has 1 aromatic rings. The summed E-state index contributed by atoms with van der Waals surface area (Å²) in [5.41, 5.74) is 1.67. The van der Waals surface area contributed by atoms with E-state index in [0.717, 1.165) is 17.7 Å². The van der Waals surface area contributed by atoms with Gasteiger partial charge in [0.25, 0.3) is 0 Å². The van der Waals surface area contributed by atoms with E-state index in [4.69, 9.17) is 4.74 Å². The van der Waals surface area contributed by atoms with Gasteiger partial charge in [0.15, 0.2) is 5.78 Å². The molecule has 2 heteroatoms. The summed E-state index contributed by atoms with van der Waals surface area (Å²) in [6.07, 6.45) is 1.50. The predicted octanol–water partition coefficient (Wildman–Crippen LogP) is 4.12. The van der Waals surface area contributed by atoms with E-state index in [-0.39, 0.29) is 16.8 Å². The Bertz CT molecular complexity index is 484.